The van der Waals surface area contributed by atoms with E-state index in [2.05, 4.69) is 15.5 Å². The number of carbonyl (C=O) groups is 2. The third-order valence-corrected chi connectivity index (χ3v) is 3.41. The van der Waals surface area contributed by atoms with Crippen molar-refractivity contribution in [3.05, 3.63) is 35.4 Å². The van der Waals surface area contributed by atoms with Crippen LogP contribution in [0.2, 0.25) is 0 Å². The largest absolute Gasteiger partial charge is 0.476 e. The van der Waals surface area contributed by atoms with Gasteiger partial charge in [-0.25, -0.2) is 4.79 Å². The fourth-order valence-corrected chi connectivity index (χ4v) is 2.08. The fraction of sp³-hybridized carbons (Fsp3) is 0.429. The molecule has 0 saturated carbocycles. The lowest BCUT2D eigenvalue weighted by Crippen LogP contribution is -2.24. The molecule has 0 aromatic carbocycles. The SMILES string of the molecule is CCn1ncc(CNC(=O)CCn2ccc(C(=O)O)n2)c1C. The Morgan fingerprint density at radius 3 is 2.77 bits per heavy atom. The van der Waals surface area contributed by atoms with Gasteiger partial charge in [0.05, 0.1) is 6.20 Å². The van der Waals surface area contributed by atoms with Crippen molar-refractivity contribution in [3.8, 4) is 0 Å². The van der Waals surface area contributed by atoms with Crippen molar-refractivity contribution in [3.63, 3.8) is 0 Å². The number of amides is 1. The summed E-state index contributed by atoms with van der Waals surface area (Å²) in [6.07, 6.45) is 3.54. The van der Waals surface area contributed by atoms with E-state index in [4.69, 9.17) is 5.11 Å². The van der Waals surface area contributed by atoms with Crippen LogP contribution in [0, 0.1) is 6.92 Å². The first-order chi connectivity index (χ1) is 10.5. The zero-order valence-electron chi connectivity index (χ0n) is 12.6. The van der Waals surface area contributed by atoms with Crippen LogP contribution in [0.1, 0.15) is 35.1 Å². The van der Waals surface area contributed by atoms with Gasteiger partial charge in [-0.2, -0.15) is 10.2 Å². The molecule has 0 atom stereocenters. The van der Waals surface area contributed by atoms with Crippen molar-refractivity contribution in [1.29, 1.82) is 0 Å². The summed E-state index contributed by atoms with van der Waals surface area (Å²) in [4.78, 5) is 22.5. The number of aromatic nitrogens is 4. The van der Waals surface area contributed by atoms with Crippen LogP contribution in [0.5, 0.6) is 0 Å². The minimum atomic E-state index is -1.08. The van der Waals surface area contributed by atoms with E-state index >= 15 is 0 Å². The van der Waals surface area contributed by atoms with Gasteiger partial charge >= 0.3 is 5.97 Å². The molecule has 0 saturated heterocycles. The highest BCUT2D eigenvalue weighted by Crippen LogP contribution is 2.06. The number of carboxylic acids is 1. The number of carboxylic acid groups (broad SMARTS) is 1. The van der Waals surface area contributed by atoms with Gasteiger partial charge in [0.25, 0.3) is 0 Å². The Balaban J connectivity index is 1.80. The van der Waals surface area contributed by atoms with E-state index < -0.39 is 5.97 Å². The monoisotopic (exact) mass is 305 g/mol. The molecule has 0 aliphatic heterocycles. The van der Waals surface area contributed by atoms with Crippen LogP contribution in [0.3, 0.4) is 0 Å². The Labute approximate surface area is 127 Å². The van der Waals surface area contributed by atoms with E-state index in [-0.39, 0.29) is 18.0 Å². The average molecular weight is 305 g/mol. The summed E-state index contributed by atoms with van der Waals surface area (Å²) in [5, 5.41) is 19.7. The summed E-state index contributed by atoms with van der Waals surface area (Å²) in [5.74, 6) is -1.19. The lowest BCUT2D eigenvalue weighted by Gasteiger charge is -2.06. The topological polar surface area (TPSA) is 102 Å². The molecule has 8 heteroatoms. The van der Waals surface area contributed by atoms with Crippen LogP contribution >= 0.6 is 0 Å². The van der Waals surface area contributed by atoms with Gasteiger partial charge in [-0.05, 0) is 19.9 Å². The predicted molar refractivity (Wildman–Crippen MR) is 78.3 cm³/mol. The first-order valence-electron chi connectivity index (χ1n) is 7.06. The standard InChI is InChI=1S/C14H19N5O3/c1-3-19-10(2)11(9-16-19)8-15-13(20)5-7-18-6-4-12(17-18)14(21)22/h4,6,9H,3,5,7-8H2,1-2H3,(H,15,20)(H,21,22). The molecule has 0 bridgehead atoms. The van der Waals surface area contributed by atoms with Crippen molar-refractivity contribution in [1.82, 2.24) is 24.9 Å². The van der Waals surface area contributed by atoms with Crippen LogP contribution < -0.4 is 5.32 Å². The van der Waals surface area contributed by atoms with Crippen LogP contribution in [-0.2, 0) is 24.4 Å². The van der Waals surface area contributed by atoms with Crippen molar-refractivity contribution >= 4 is 11.9 Å². The maximum Gasteiger partial charge on any atom is 0.356 e. The molecule has 2 heterocycles. The van der Waals surface area contributed by atoms with Gasteiger partial charge in [-0.1, -0.05) is 0 Å². The summed E-state index contributed by atoms with van der Waals surface area (Å²) in [6.45, 7) is 5.55. The molecule has 2 aromatic rings. The lowest BCUT2D eigenvalue weighted by molar-refractivity contribution is -0.121. The minimum absolute atomic E-state index is 0.0250. The second kappa shape index (κ2) is 6.88. The van der Waals surface area contributed by atoms with Gasteiger partial charge in [0.15, 0.2) is 5.69 Å². The van der Waals surface area contributed by atoms with Crippen LogP contribution in [0.25, 0.3) is 0 Å². The zero-order chi connectivity index (χ0) is 16.1. The van der Waals surface area contributed by atoms with Crippen LogP contribution in [-0.4, -0.2) is 36.5 Å². The normalized spacial score (nSPS) is 10.6. The maximum absolute atomic E-state index is 11.8. The molecule has 2 rings (SSSR count). The minimum Gasteiger partial charge on any atom is -0.476 e. The third-order valence-electron chi connectivity index (χ3n) is 3.41. The number of aryl methyl sites for hydroxylation is 2. The zero-order valence-corrected chi connectivity index (χ0v) is 12.6. The number of nitrogens with one attached hydrogen (secondary N) is 1. The van der Waals surface area contributed by atoms with Gasteiger partial charge < -0.3 is 10.4 Å². The van der Waals surface area contributed by atoms with Gasteiger partial charge in [0.1, 0.15) is 0 Å². The Hall–Kier alpha value is -2.64. The quantitative estimate of drug-likeness (QED) is 0.788. The second-order valence-corrected chi connectivity index (χ2v) is 4.87. The molecule has 1 amide bonds. The van der Waals surface area contributed by atoms with E-state index in [0.29, 0.717) is 13.1 Å². The number of hydrogen-bond acceptors (Lipinski definition) is 4. The van der Waals surface area contributed by atoms with Crippen molar-refractivity contribution in [2.24, 2.45) is 0 Å². The van der Waals surface area contributed by atoms with Crippen molar-refractivity contribution in [2.45, 2.75) is 39.9 Å². The summed E-state index contributed by atoms with van der Waals surface area (Å²) in [6, 6.07) is 1.41. The molecular weight excluding hydrogens is 286 g/mol. The molecule has 22 heavy (non-hydrogen) atoms. The number of carbonyl (C=O) groups excluding carboxylic acids is 1. The highest BCUT2D eigenvalue weighted by molar-refractivity contribution is 5.85. The van der Waals surface area contributed by atoms with E-state index in [0.717, 1.165) is 17.8 Å². The number of nitrogens with zero attached hydrogens (tertiary/aromatic N) is 4. The average Bonchev–Trinajstić information content (AvgIpc) is 3.10. The lowest BCUT2D eigenvalue weighted by atomic mass is 10.2. The van der Waals surface area contributed by atoms with Crippen LogP contribution in [0.15, 0.2) is 18.5 Å². The molecule has 8 nitrogen and oxygen atoms in total. The smallest absolute Gasteiger partial charge is 0.356 e. The second-order valence-electron chi connectivity index (χ2n) is 4.87. The summed E-state index contributed by atoms with van der Waals surface area (Å²) in [5.41, 5.74) is 2.01. The Kier molecular flexibility index (Phi) is 4.92. The van der Waals surface area contributed by atoms with Gasteiger partial charge in [-0.15, -0.1) is 0 Å². The Morgan fingerprint density at radius 1 is 1.41 bits per heavy atom. The molecular formula is C14H19N5O3. The summed E-state index contributed by atoms with van der Waals surface area (Å²) >= 11 is 0. The Bertz CT molecular complexity index is 674. The van der Waals surface area contributed by atoms with E-state index in [9.17, 15) is 9.59 Å². The molecule has 118 valence electrons. The molecule has 0 fully saturated rings. The van der Waals surface area contributed by atoms with Crippen molar-refractivity contribution in [2.75, 3.05) is 0 Å². The molecule has 0 spiro atoms. The van der Waals surface area contributed by atoms with Crippen LogP contribution in [0.4, 0.5) is 0 Å². The Morgan fingerprint density at radius 2 is 2.18 bits per heavy atom. The highest BCUT2D eigenvalue weighted by atomic mass is 16.4. The first kappa shape index (κ1) is 15.7. The number of hydrogen-bond donors (Lipinski definition) is 2. The number of aromatic carboxylic acids is 1. The van der Waals surface area contributed by atoms with E-state index in [1.54, 1.807) is 12.4 Å². The molecule has 0 aliphatic rings. The summed E-state index contributed by atoms with van der Waals surface area (Å²) < 4.78 is 3.32. The molecule has 2 N–H and O–H groups in total. The molecule has 0 aliphatic carbocycles. The number of rotatable bonds is 7. The summed E-state index contributed by atoms with van der Waals surface area (Å²) in [7, 11) is 0. The molecule has 2 aromatic heterocycles. The maximum atomic E-state index is 11.8. The van der Waals surface area contributed by atoms with Crippen molar-refractivity contribution < 1.29 is 14.7 Å². The van der Waals surface area contributed by atoms with Gasteiger partial charge in [0, 0.05) is 43.5 Å². The van der Waals surface area contributed by atoms with E-state index in [1.807, 2.05) is 18.5 Å². The predicted octanol–water partition coefficient (Wildman–Crippen LogP) is 0.813. The first-order valence-corrected chi connectivity index (χ1v) is 7.06. The fourth-order valence-electron chi connectivity index (χ4n) is 2.08. The molecule has 0 unspecified atom stereocenters. The van der Waals surface area contributed by atoms with E-state index in [1.165, 1.54) is 10.7 Å². The highest BCUT2D eigenvalue weighted by Gasteiger charge is 2.09. The molecule has 0 radical (unpaired) electrons. The van der Waals surface area contributed by atoms with Gasteiger partial charge in [0.2, 0.25) is 5.91 Å². The third kappa shape index (κ3) is 3.72. The van der Waals surface area contributed by atoms with Gasteiger partial charge in [-0.3, -0.25) is 14.2 Å².